The fraction of sp³-hybridized carbons (Fsp3) is 0.316. The van der Waals surface area contributed by atoms with Gasteiger partial charge >= 0.3 is 7.12 Å². The predicted octanol–water partition coefficient (Wildman–Crippen LogP) is 3.74. The predicted molar refractivity (Wildman–Crippen MR) is 103 cm³/mol. The van der Waals surface area contributed by atoms with Gasteiger partial charge in [0.15, 0.2) is 0 Å². The smallest absolute Gasteiger partial charge is 0.493 e. The first-order chi connectivity index (χ1) is 12.0. The Morgan fingerprint density at radius 1 is 1.08 bits per heavy atom. The third-order valence-electron chi connectivity index (χ3n) is 4.28. The van der Waals surface area contributed by atoms with E-state index in [0.717, 1.165) is 32.0 Å². The highest BCUT2D eigenvalue weighted by Crippen LogP contribution is 2.32. The molecule has 0 N–H and O–H groups in total. The molecule has 0 radical (unpaired) electrons. The summed E-state index contributed by atoms with van der Waals surface area (Å²) in [7, 11) is 1.40. The molecule has 0 atom stereocenters. The van der Waals surface area contributed by atoms with Gasteiger partial charge in [-0.05, 0) is 23.7 Å². The number of hydrogen-bond acceptors (Lipinski definition) is 5. The molecule has 128 valence electrons. The van der Waals surface area contributed by atoms with Gasteiger partial charge in [0.05, 0.1) is 17.3 Å². The molecule has 2 heterocycles. The zero-order valence-corrected chi connectivity index (χ0v) is 15.4. The standard InChI is InChI=1S/C19H20BNO3S/c1-19(2)11-23-20(24-12-19)14-6-4-13(5-7-14)18-21-16-9-8-15(22-3)10-17(16)25-18/h4-10H,11-12H2,1-3H3. The number of hydrogen-bond donors (Lipinski definition) is 0. The number of thiazole rings is 1. The van der Waals surface area contributed by atoms with Gasteiger partial charge in [-0.3, -0.25) is 0 Å². The normalized spacial score (nSPS) is 17.0. The molecule has 1 aliphatic rings. The molecule has 6 heteroatoms. The number of rotatable bonds is 3. The largest absolute Gasteiger partial charge is 0.497 e. The highest BCUT2D eigenvalue weighted by molar-refractivity contribution is 7.21. The van der Waals surface area contributed by atoms with Crippen LogP contribution in [0.5, 0.6) is 5.75 Å². The van der Waals surface area contributed by atoms with Crippen LogP contribution in [0.15, 0.2) is 42.5 Å². The molecule has 3 aromatic rings. The molecular formula is C19H20BNO3S. The van der Waals surface area contributed by atoms with Crippen LogP contribution in [0.25, 0.3) is 20.8 Å². The Labute approximate surface area is 151 Å². The van der Waals surface area contributed by atoms with Crippen molar-refractivity contribution in [1.29, 1.82) is 0 Å². The van der Waals surface area contributed by atoms with Gasteiger partial charge in [0.25, 0.3) is 0 Å². The number of benzene rings is 2. The Morgan fingerprint density at radius 3 is 2.48 bits per heavy atom. The van der Waals surface area contributed by atoms with Gasteiger partial charge in [-0.1, -0.05) is 38.1 Å². The van der Waals surface area contributed by atoms with E-state index in [1.165, 1.54) is 0 Å². The highest BCUT2D eigenvalue weighted by Gasteiger charge is 2.33. The average Bonchev–Trinajstić information content (AvgIpc) is 3.05. The minimum Gasteiger partial charge on any atom is -0.497 e. The lowest BCUT2D eigenvalue weighted by molar-refractivity contribution is 0.0343. The van der Waals surface area contributed by atoms with E-state index in [1.54, 1.807) is 18.4 Å². The summed E-state index contributed by atoms with van der Waals surface area (Å²) in [6.07, 6.45) is 0. The van der Waals surface area contributed by atoms with Crippen molar-refractivity contribution in [1.82, 2.24) is 4.98 Å². The first-order valence-corrected chi connectivity index (χ1v) is 9.14. The van der Waals surface area contributed by atoms with E-state index in [1.807, 2.05) is 18.2 Å². The van der Waals surface area contributed by atoms with E-state index in [-0.39, 0.29) is 12.5 Å². The first kappa shape index (κ1) is 16.6. The van der Waals surface area contributed by atoms with E-state index in [0.29, 0.717) is 13.2 Å². The summed E-state index contributed by atoms with van der Waals surface area (Å²) in [5, 5.41) is 1.00. The Bertz CT molecular complexity index is 881. The van der Waals surface area contributed by atoms with Crippen LogP contribution < -0.4 is 10.2 Å². The second-order valence-corrected chi connectivity index (χ2v) is 8.12. The van der Waals surface area contributed by atoms with Crippen LogP contribution in [0.2, 0.25) is 0 Å². The molecule has 0 amide bonds. The summed E-state index contributed by atoms with van der Waals surface area (Å²) in [5.74, 6) is 0.854. The van der Waals surface area contributed by atoms with Gasteiger partial charge in [-0.25, -0.2) is 4.98 Å². The lowest BCUT2D eigenvalue weighted by Crippen LogP contribution is -2.47. The minimum atomic E-state index is -0.276. The molecular weight excluding hydrogens is 333 g/mol. The molecule has 25 heavy (non-hydrogen) atoms. The van der Waals surface area contributed by atoms with Crippen molar-refractivity contribution in [2.24, 2.45) is 5.41 Å². The van der Waals surface area contributed by atoms with Gasteiger partial charge < -0.3 is 14.0 Å². The van der Waals surface area contributed by atoms with E-state index in [2.05, 4.69) is 38.1 Å². The van der Waals surface area contributed by atoms with Gasteiger partial charge in [-0.15, -0.1) is 11.3 Å². The third-order valence-corrected chi connectivity index (χ3v) is 5.34. The maximum Gasteiger partial charge on any atom is 0.493 e. The quantitative estimate of drug-likeness (QED) is 0.673. The minimum absolute atomic E-state index is 0.0818. The molecule has 1 saturated heterocycles. The van der Waals surface area contributed by atoms with Gasteiger partial charge in [0.2, 0.25) is 0 Å². The first-order valence-electron chi connectivity index (χ1n) is 8.32. The SMILES string of the molecule is COc1ccc2nc(-c3ccc(B4OCC(C)(C)CO4)cc3)sc2c1. The maximum atomic E-state index is 5.85. The summed E-state index contributed by atoms with van der Waals surface area (Å²) in [6, 6.07) is 14.2. The Morgan fingerprint density at radius 2 is 1.80 bits per heavy atom. The van der Waals surface area contributed by atoms with Gasteiger partial charge in [0.1, 0.15) is 10.8 Å². The fourth-order valence-corrected chi connectivity index (χ4v) is 3.82. The zero-order valence-electron chi connectivity index (χ0n) is 14.6. The molecule has 0 spiro atoms. The second kappa shape index (κ2) is 6.44. The lowest BCUT2D eigenvalue weighted by Gasteiger charge is -2.33. The summed E-state index contributed by atoms with van der Waals surface area (Å²) in [5.41, 5.74) is 3.21. The fourth-order valence-electron chi connectivity index (χ4n) is 2.82. The van der Waals surface area contributed by atoms with Crippen molar-refractivity contribution in [3.05, 3.63) is 42.5 Å². The number of methoxy groups -OCH3 is 1. The molecule has 1 aromatic heterocycles. The molecule has 0 unspecified atom stereocenters. The summed E-state index contributed by atoms with van der Waals surface area (Å²) >= 11 is 1.67. The number of nitrogens with zero attached hydrogens (tertiary/aromatic N) is 1. The topological polar surface area (TPSA) is 40.6 Å². The van der Waals surface area contributed by atoms with Gasteiger partial charge in [-0.2, -0.15) is 0 Å². The van der Waals surface area contributed by atoms with E-state index in [4.69, 9.17) is 19.0 Å². The Balaban J connectivity index is 1.56. The van der Waals surface area contributed by atoms with Crippen molar-refractivity contribution in [3.63, 3.8) is 0 Å². The van der Waals surface area contributed by atoms with Crippen LogP contribution in [0.3, 0.4) is 0 Å². The molecule has 4 rings (SSSR count). The Kier molecular flexibility index (Phi) is 4.27. The molecule has 0 bridgehead atoms. The molecule has 4 nitrogen and oxygen atoms in total. The molecule has 0 aliphatic carbocycles. The van der Waals surface area contributed by atoms with E-state index in [9.17, 15) is 0 Å². The average molecular weight is 353 g/mol. The molecule has 1 aliphatic heterocycles. The zero-order chi connectivity index (χ0) is 17.4. The maximum absolute atomic E-state index is 5.85. The van der Waals surface area contributed by atoms with E-state index < -0.39 is 0 Å². The van der Waals surface area contributed by atoms with Crippen molar-refractivity contribution in [2.45, 2.75) is 13.8 Å². The van der Waals surface area contributed by atoms with Crippen LogP contribution in [-0.4, -0.2) is 32.4 Å². The lowest BCUT2D eigenvalue weighted by atomic mass is 9.76. The monoisotopic (exact) mass is 353 g/mol. The summed E-state index contributed by atoms with van der Waals surface area (Å²) in [4.78, 5) is 4.72. The van der Waals surface area contributed by atoms with Crippen molar-refractivity contribution in [3.8, 4) is 16.3 Å². The molecule has 1 fully saturated rings. The highest BCUT2D eigenvalue weighted by atomic mass is 32.1. The van der Waals surface area contributed by atoms with Crippen LogP contribution >= 0.6 is 11.3 Å². The summed E-state index contributed by atoms with van der Waals surface area (Å²) in [6.45, 7) is 5.71. The molecule has 0 saturated carbocycles. The van der Waals surface area contributed by atoms with E-state index >= 15 is 0 Å². The number of aromatic nitrogens is 1. The Hall–Kier alpha value is -1.89. The number of fused-ring (bicyclic) bond motifs is 1. The van der Waals surface area contributed by atoms with Gasteiger partial charge in [0, 0.05) is 24.2 Å². The van der Waals surface area contributed by atoms with Crippen molar-refractivity contribution in [2.75, 3.05) is 20.3 Å². The van der Waals surface area contributed by atoms with Crippen LogP contribution in [0, 0.1) is 5.41 Å². The van der Waals surface area contributed by atoms with Crippen LogP contribution in [0.4, 0.5) is 0 Å². The second-order valence-electron chi connectivity index (χ2n) is 7.09. The summed E-state index contributed by atoms with van der Waals surface area (Å²) < 4.78 is 18.1. The van der Waals surface area contributed by atoms with Crippen molar-refractivity contribution >= 4 is 34.1 Å². The van der Waals surface area contributed by atoms with Crippen LogP contribution in [-0.2, 0) is 9.31 Å². The van der Waals surface area contributed by atoms with Crippen molar-refractivity contribution < 1.29 is 14.0 Å². The third kappa shape index (κ3) is 3.42. The molecule has 2 aromatic carbocycles. The number of ether oxygens (including phenoxy) is 1. The van der Waals surface area contributed by atoms with Crippen LogP contribution in [0.1, 0.15) is 13.8 Å².